The number of carbonyl (C=O) groups excluding carboxylic acids is 1. The van der Waals surface area contributed by atoms with Crippen LogP contribution in [0.2, 0.25) is 0 Å². The molecule has 0 aliphatic carbocycles. The van der Waals surface area contributed by atoms with Gasteiger partial charge in [-0.05, 0) is 46.3 Å². The van der Waals surface area contributed by atoms with Gasteiger partial charge in [-0.15, -0.1) is 0 Å². The lowest BCUT2D eigenvalue weighted by Crippen LogP contribution is -2.10. The third-order valence-corrected chi connectivity index (χ3v) is 2.80. The second-order valence-electron chi connectivity index (χ2n) is 2.76. The molecule has 0 radical (unpaired) electrons. The molecule has 0 spiro atoms. The summed E-state index contributed by atoms with van der Waals surface area (Å²) in [5.74, 6) is 0. The molecule has 0 saturated heterocycles. The molecule has 84 valence electrons. The van der Waals surface area contributed by atoms with Gasteiger partial charge in [0.2, 0.25) is 0 Å². The molecule has 1 aromatic rings. The maximum absolute atomic E-state index is 12.5. The average Bonchev–Trinajstić information content (AvgIpc) is 2.14. The highest BCUT2D eigenvalue weighted by Crippen LogP contribution is 2.34. The Morgan fingerprint density at radius 3 is 2.38 bits per heavy atom. The second-order valence-corrected chi connectivity index (χ2v) is 4.27. The highest BCUT2D eigenvalue weighted by atomic mass is 127. The van der Waals surface area contributed by atoms with E-state index < -0.39 is 22.5 Å². The highest BCUT2D eigenvalue weighted by molar-refractivity contribution is 14.1. The van der Waals surface area contributed by atoms with Crippen LogP contribution in [0.1, 0.15) is 21.5 Å². The van der Waals surface area contributed by atoms with E-state index in [2.05, 4.69) is 0 Å². The number of benzene rings is 1. The zero-order valence-corrected chi connectivity index (χ0v) is 10.3. The Labute approximate surface area is 107 Å². The summed E-state index contributed by atoms with van der Waals surface area (Å²) in [5.41, 5.74) is -1.93. The first-order valence-corrected chi connectivity index (χ1v) is 5.23. The lowest BCUT2D eigenvalue weighted by atomic mass is 10.0. The van der Waals surface area contributed by atoms with Crippen molar-refractivity contribution in [1.82, 2.24) is 0 Å². The Balaban J connectivity index is 3.57. The minimum absolute atomic E-state index is 0.0407. The van der Waals surface area contributed by atoms with E-state index in [0.29, 0.717) is 6.07 Å². The van der Waals surface area contributed by atoms with Gasteiger partial charge in [-0.3, -0.25) is 4.79 Å². The molecule has 0 aliphatic heterocycles. The van der Waals surface area contributed by atoms with Crippen LogP contribution in [0.15, 0.2) is 12.1 Å². The highest BCUT2D eigenvalue weighted by Gasteiger charge is 2.35. The van der Waals surface area contributed by atoms with Crippen LogP contribution in [-0.2, 0) is 6.18 Å². The lowest BCUT2D eigenvalue weighted by Gasteiger charge is -2.10. The van der Waals surface area contributed by atoms with E-state index in [0.717, 1.165) is 6.07 Å². The molecule has 0 saturated carbocycles. The molecule has 7 heteroatoms. The van der Waals surface area contributed by atoms with Crippen LogP contribution >= 0.6 is 34.2 Å². The Hall–Kier alpha value is -0.810. The van der Waals surface area contributed by atoms with Crippen molar-refractivity contribution in [2.45, 2.75) is 6.18 Å². The Bertz CT molecular complexity index is 493. The number of rotatable bonds is 1. The molecular weight excluding hydrogens is 357 g/mol. The fourth-order valence-corrected chi connectivity index (χ4v) is 1.91. The van der Waals surface area contributed by atoms with Gasteiger partial charge in [0.25, 0.3) is 5.24 Å². The largest absolute Gasteiger partial charge is 0.417 e. The third-order valence-electron chi connectivity index (χ3n) is 1.73. The van der Waals surface area contributed by atoms with Crippen molar-refractivity contribution >= 4 is 39.4 Å². The molecule has 0 amide bonds. The van der Waals surface area contributed by atoms with E-state index in [9.17, 15) is 18.0 Å². The minimum atomic E-state index is -4.69. The monoisotopic (exact) mass is 359 g/mol. The van der Waals surface area contributed by atoms with Crippen molar-refractivity contribution in [3.05, 3.63) is 32.4 Å². The molecule has 1 aromatic carbocycles. The summed E-state index contributed by atoms with van der Waals surface area (Å²) in [4.78, 5) is 10.8. The van der Waals surface area contributed by atoms with Gasteiger partial charge in [0.15, 0.2) is 0 Å². The first-order chi connectivity index (χ1) is 7.27. The maximum atomic E-state index is 12.5. The van der Waals surface area contributed by atoms with Gasteiger partial charge >= 0.3 is 6.18 Å². The van der Waals surface area contributed by atoms with Crippen LogP contribution in [0.4, 0.5) is 13.2 Å². The average molecular weight is 359 g/mol. The van der Waals surface area contributed by atoms with E-state index in [4.69, 9.17) is 16.9 Å². The summed E-state index contributed by atoms with van der Waals surface area (Å²) in [6.07, 6.45) is -4.69. The molecule has 2 nitrogen and oxygen atoms in total. The van der Waals surface area contributed by atoms with Crippen LogP contribution in [0.3, 0.4) is 0 Å². The molecule has 0 bridgehead atoms. The van der Waals surface area contributed by atoms with Gasteiger partial charge in [-0.1, -0.05) is 0 Å². The lowest BCUT2D eigenvalue weighted by molar-refractivity contribution is -0.137. The minimum Gasteiger partial charge on any atom is -0.276 e. The summed E-state index contributed by atoms with van der Waals surface area (Å²) < 4.78 is 37.7. The number of carbonyl (C=O) groups is 1. The van der Waals surface area contributed by atoms with E-state index in [1.54, 1.807) is 22.6 Å². The number of hydrogen-bond donors (Lipinski definition) is 0. The van der Waals surface area contributed by atoms with Gasteiger partial charge in [0, 0.05) is 9.13 Å². The summed E-state index contributed by atoms with van der Waals surface area (Å²) in [6, 6.07) is 3.18. The molecule has 0 aromatic heterocycles. The summed E-state index contributed by atoms with van der Waals surface area (Å²) in [5, 5.41) is 7.63. The summed E-state index contributed by atoms with van der Waals surface area (Å²) in [6.45, 7) is 0. The summed E-state index contributed by atoms with van der Waals surface area (Å²) >= 11 is 6.65. The van der Waals surface area contributed by atoms with E-state index in [1.165, 1.54) is 6.07 Å². The smallest absolute Gasteiger partial charge is 0.276 e. The van der Waals surface area contributed by atoms with Gasteiger partial charge in [0.1, 0.15) is 6.07 Å². The molecule has 0 fully saturated rings. The summed E-state index contributed by atoms with van der Waals surface area (Å²) in [7, 11) is 0. The first kappa shape index (κ1) is 13.3. The van der Waals surface area contributed by atoms with Crippen LogP contribution in [0.25, 0.3) is 0 Å². The number of alkyl halides is 3. The normalized spacial score (nSPS) is 11.0. The number of halogens is 5. The Kier molecular flexibility index (Phi) is 3.80. The maximum Gasteiger partial charge on any atom is 0.417 e. The van der Waals surface area contributed by atoms with Crippen LogP contribution in [0, 0.1) is 14.9 Å². The predicted octanol–water partition coefficient (Wildman–Crippen LogP) is 3.56. The molecule has 16 heavy (non-hydrogen) atoms. The molecular formula is C9H2ClF3INO. The number of hydrogen-bond acceptors (Lipinski definition) is 2. The zero-order chi connectivity index (χ0) is 12.5. The second kappa shape index (κ2) is 4.59. The number of nitrogens with zero attached hydrogens (tertiary/aromatic N) is 1. The van der Waals surface area contributed by atoms with Gasteiger partial charge in [0.05, 0.1) is 11.1 Å². The molecule has 0 atom stereocenters. The Morgan fingerprint density at radius 2 is 2.00 bits per heavy atom. The van der Waals surface area contributed by atoms with Crippen molar-refractivity contribution < 1.29 is 18.0 Å². The van der Waals surface area contributed by atoms with Crippen molar-refractivity contribution in [3.8, 4) is 6.07 Å². The molecule has 0 heterocycles. The topological polar surface area (TPSA) is 40.9 Å². The van der Waals surface area contributed by atoms with Crippen molar-refractivity contribution in [1.29, 1.82) is 5.26 Å². The quantitative estimate of drug-likeness (QED) is 0.568. The SMILES string of the molecule is N#Cc1c(I)cc(C(=O)Cl)cc1C(F)(F)F. The van der Waals surface area contributed by atoms with Gasteiger partial charge in [-0.25, -0.2) is 0 Å². The van der Waals surface area contributed by atoms with Crippen LogP contribution < -0.4 is 0 Å². The molecule has 0 unspecified atom stereocenters. The van der Waals surface area contributed by atoms with E-state index in [1.807, 2.05) is 0 Å². The van der Waals surface area contributed by atoms with Gasteiger partial charge < -0.3 is 0 Å². The zero-order valence-electron chi connectivity index (χ0n) is 7.40. The molecule has 0 N–H and O–H groups in total. The third kappa shape index (κ3) is 2.65. The standard InChI is InChI=1S/C9H2ClF3INO/c10-8(16)4-1-6(9(11,12)13)5(3-15)7(14)2-4/h1-2H. The van der Waals surface area contributed by atoms with Gasteiger partial charge in [-0.2, -0.15) is 18.4 Å². The van der Waals surface area contributed by atoms with Crippen molar-refractivity contribution in [2.75, 3.05) is 0 Å². The van der Waals surface area contributed by atoms with Crippen LogP contribution in [-0.4, -0.2) is 5.24 Å². The molecule has 1 rings (SSSR count). The van der Waals surface area contributed by atoms with Crippen molar-refractivity contribution in [3.63, 3.8) is 0 Å². The van der Waals surface area contributed by atoms with E-state index in [-0.39, 0.29) is 9.13 Å². The fourth-order valence-electron chi connectivity index (χ4n) is 1.06. The van der Waals surface area contributed by atoms with Crippen LogP contribution in [0.5, 0.6) is 0 Å². The fraction of sp³-hybridized carbons (Fsp3) is 0.111. The molecule has 0 aliphatic rings. The van der Waals surface area contributed by atoms with E-state index >= 15 is 0 Å². The first-order valence-electron chi connectivity index (χ1n) is 3.78. The Morgan fingerprint density at radius 1 is 1.44 bits per heavy atom. The van der Waals surface area contributed by atoms with Crippen molar-refractivity contribution in [2.24, 2.45) is 0 Å². The predicted molar refractivity (Wildman–Crippen MR) is 59.1 cm³/mol. The number of nitriles is 1.